The maximum atomic E-state index is 12.9. The minimum atomic E-state index is -0.740. The normalized spacial score (nSPS) is 18.3. The van der Waals surface area contributed by atoms with Gasteiger partial charge in [0, 0.05) is 32.6 Å². The minimum Gasteiger partial charge on any atom is -0.496 e. The molecule has 0 aromatic heterocycles. The van der Waals surface area contributed by atoms with Crippen LogP contribution in [0.5, 0.6) is 11.5 Å². The van der Waals surface area contributed by atoms with Crippen molar-refractivity contribution in [2.75, 3.05) is 38.7 Å². The Kier molecular flexibility index (Phi) is 9.09. The molecule has 0 saturated carbocycles. The number of carbonyl (C=O) groups excluding carboxylic acids is 2. The molecule has 0 aliphatic carbocycles. The van der Waals surface area contributed by atoms with Gasteiger partial charge in [0.15, 0.2) is 0 Å². The Labute approximate surface area is 203 Å². The number of anilines is 1. The van der Waals surface area contributed by atoms with Crippen LogP contribution < -0.4 is 20.1 Å². The number of hydrogen-bond acceptors (Lipinski definition) is 6. The van der Waals surface area contributed by atoms with Gasteiger partial charge in [-0.2, -0.15) is 0 Å². The molecule has 2 atom stereocenters. The smallest absolute Gasteiger partial charge is 0.255 e. The Morgan fingerprint density at radius 2 is 2.00 bits per heavy atom. The first-order valence-electron chi connectivity index (χ1n) is 11.0. The molecule has 0 spiro atoms. The first-order valence-corrected chi connectivity index (χ1v) is 11.4. The highest BCUT2D eigenvalue weighted by Crippen LogP contribution is 2.31. The fraction of sp³-hybridized carbons (Fsp3) is 0.417. The topological polar surface area (TPSA) is 100 Å². The summed E-state index contributed by atoms with van der Waals surface area (Å²) in [6.45, 7) is 3.69. The number of halogens is 2. The predicted octanol–water partition coefficient (Wildman–Crippen LogP) is 3.08. The van der Waals surface area contributed by atoms with Gasteiger partial charge in [0.1, 0.15) is 17.3 Å². The first kappa shape index (κ1) is 25.7. The average Bonchev–Trinajstić information content (AvgIpc) is 2.80. The predicted molar refractivity (Wildman–Crippen MR) is 127 cm³/mol. The number of carbonyl (C=O) groups is 2. The van der Waals surface area contributed by atoms with E-state index in [1.165, 1.54) is 38.3 Å². The second-order valence-corrected chi connectivity index (χ2v) is 8.51. The van der Waals surface area contributed by atoms with Gasteiger partial charge >= 0.3 is 0 Å². The molecular weight excluding hydrogens is 465 g/mol. The van der Waals surface area contributed by atoms with E-state index in [0.29, 0.717) is 37.6 Å². The van der Waals surface area contributed by atoms with Crippen molar-refractivity contribution in [1.82, 2.24) is 10.2 Å². The third-order valence-electron chi connectivity index (χ3n) is 5.53. The van der Waals surface area contributed by atoms with E-state index in [1.807, 2.05) is 0 Å². The van der Waals surface area contributed by atoms with E-state index in [9.17, 15) is 19.1 Å². The fourth-order valence-corrected chi connectivity index (χ4v) is 4.02. The number of amides is 2. The molecule has 1 aliphatic heterocycles. The summed E-state index contributed by atoms with van der Waals surface area (Å²) in [5.74, 6) is -0.140. The number of ether oxygens (including phenoxy) is 2. The monoisotopic (exact) mass is 493 g/mol. The van der Waals surface area contributed by atoms with Crippen LogP contribution in [-0.4, -0.2) is 67.3 Å². The number of hydrogen-bond donors (Lipinski definition) is 3. The maximum absolute atomic E-state index is 12.9. The van der Waals surface area contributed by atoms with Crippen LogP contribution in [0.25, 0.3) is 0 Å². The van der Waals surface area contributed by atoms with Crippen LogP contribution >= 0.6 is 11.6 Å². The molecule has 0 unspecified atom stereocenters. The number of piperidine rings is 1. The lowest BCUT2D eigenvalue weighted by Gasteiger charge is -2.36. The first-order chi connectivity index (χ1) is 16.3. The second-order valence-electron chi connectivity index (χ2n) is 8.11. The average molecular weight is 494 g/mol. The van der Waals surface area contributed by atoms with E-state index in [2.05, 4.69) is 15.5 Å². The van der Waals surface area contributed by atoms with Crippen molar-refractivity contribution < 1.29 is 28.6 Å². The van der Waals surface area contributed by atoms with Crippen LogP contribution in [-0.2, 0) is 4.79 Å². The van der Waals surface area contributed by atoms with Gasteiger partial charge in [-0.1, -0.05) is 11.6 Å². The van der Waals surface area contributed by atoms with Gasteiger partial charge in [0.05, 0.1) is 42.1 Å². The molecule has 34 heavy (non-hydrogen) atoms. The van der Waals surface area contributed by atoms with E-state index in [-0.39, 0.29) is 28.1 Å². The van der Waals surface area contributed by atoms with Gasteiger partial charge in [0.2, 0.25) is 5.91 Å². The van der Waals surface area contributed by atoms with Crippen molar-refractivity contribution >= 4 is 29.1 Å². The number of benzene rings is 2. The highest BCUT2D eigenvalue weighted by atomic mass is 35.5. The van der Waals surface area contributed by atoms with Crippen molar-refractivity contribution in [1.29, 1.82) is 0 Å². The van der Waals surface area contributed by atoms with Crippen LogP contribution in [0.15, 0.2) is 36.4 Å². The lowest BCUT2D eigenvalue weighted by molar-refractivity contribution is -0.114. The Bertz CT molecular complexity index is 1000. The van der Waals surface area contributed by atoms with E-state index in [4.69, 9.17) is 21.1 Å². The zero-order valence-electron chi connectivity index (χ0n) is 19.1. The third kappa shape index (κ3) is 7.06. The number of aliphatic hydroxyl groups excluding tert-OH is 1. The fourth-order valence-electron chi connectivity index (χ4n) is 3.81. The summed E-state index contributed by atoms with van der Waals surface area (Å²) >= 11 is 6.21. The zero-order valence-corrected chi connectivity index (χ0v) is 19.9. The molecule has 3 N–H and O–H groups in total. The Balaban J connectivity index is 1.49. The van der Waals surface area contributed by atoms with E-state index in [0.717, 1.165) is 13.0 Å². The maximum Gasteiger partial charge on any atom is 0.255 e. The quantitative estimate of drug-likeness (QED) is 0.464. The standard InChI is InChI=1S/C24H29ClFN3O5/c1-15(30)27-21-13-23(33-2)18(12-19(21)25)24(32)28-20-8-10-29(14-22(20)31)9-3-11-34-17-6-4-16(26)5-7-17/h4-7,12-13,20,22,31H,3,8-11,14H2,1-2H3,(H,27,30)(H,28,32)/t20-,22+/m1/s1. The SMILES string of the molecule is COc1cc(NC(C)=O)c(Cl)cc1C(=O)N[C@@H]1CCN(CCCOc2ccc(F)cc2)C[C@@H]1O. The summed E-state index contributed by atoms with van der Waals surface area (Å²) in [5.41, 5.74) is 0.563. The van der Waals surface area contributed by atoms with E-state index in [1.54, 1.807) is 12.1 Å². The molecule has 2 aromatic carbocycles. The van der Waals surface area contributed by atoms with Crippen molar-refractivity contribution in [3.05, 3.63) is 52.8 Å². The summed E-state index contributed by atoms with van der Waals surface area (Å²) in [6.07, 6.45) is 0.583. The summed E-state index contributed by atoms with van der Waals surface area (Å²) in [4.78, 5) is 26.3. The summed E-state index contributed by atoms with van der Waals surface area (Å²) < 4.78 is 23.8. The van der Waals surface area contributed by atoms with Gasteiger partial charge in [-0.25, -0.2) is 4.39 Å². The van der Waals surface area contributed by atoms with Crippen molar-refractivity contribution in [2.45, 2.75) is 31.9 Å². The van der Waals surface area contributed by atoms with Crippen LogP contribution in [0.1, 0.15) is 30.1 Å². The lowest BCUT2D eigenvalue weighted by atomic mass is 10.0. The number of β-amino-alcohol motifs (C(OH)–C–C–N with tert-alkyl or cyclic N) is 1. The number of nitrogens with zero attached hydrogens (tertiary/aromatic N) is 1. The Morgan fingerprint density at radius 3 is 2.65 bits per heavy atom. The van der Waals surface area contributed by atoms with Crippen molar-refractivity contribution in [3.8, 4) is 11.5 Å². The van der Waals surface area contributed by atoms with Crippen LogP contribution in [0, 0.1) is 5.82 Å². The molecule has 184 valence electrons. The zero-order chi connectivity index (χ0) is 24.7. The van der Waals surface area contributed by atoms with Gasteiger partial charge < -0.3 is 30.1 Å². The molecule has 10 heteroatoms. The van der Waals surface area contributed by atoms with Gasteiger partial charge in [0.25, 0.3) is 5.91 Å². The lowest BCUT2D eigenvalue weighted by Crippen LogP contribution is -2.54. The molecule has 1 aliphatic rings. The summed E-state index contributed by atoms with van der Waals surface area (Å²) in [6, 6.07) is 8.39. The Morgan fingerprint density at radius 1 is 1.26 bits per heavy atom. The highest BCUT2D eigenvalue weighted by Gasteiger charge is 2.29. The van der Waals surface area contributed by atoms with Gasteiger partial charge in [-0.05, 0) is 43.2 Å². The van der Waals surface area contributed by atoms with E-state index >= 15 is 0 Å². The molecule has 2 amide bonds. The number of rotatable bonds is 9. The van der Waals surface area contributed by atoms with Crippen molar-refractivity contribution in [2.24, 2.45) is 0 Å². The number of aliphatic hydroxyl groups is 1. The van der Waals surface area contributed by atoms with Gasteiger partial charge in [-0.15, -0.1) is 0 Å². The molecule has 0 radical (unpaired) electrons. The number of methoxy groups -OCH3 is 1. The second kappa shape index (κ2) is 12.0. The highest BCUT2D eigenvalue weighted by molar-refractivity contribution is 6.34. The minimum absolute atomic E-state index is 0.208. The molecule has 0 bridgehead atoms. The molecule has 1 saturated heterocycles. The number of likely N-dealkylation sites (tertiary alicyclic amines) is 1. The third-order valence-corrected chi connectivity index (χ3v) is 5.84. The molecule has 8 nitrogen and oxygen atoms in total. The molecule has 3 rings (SSSR count). The Hall–Kier alpha value is -2.88. The van der Waals surface area contributed by atoms with Gasteiger partial charge in [-0.3, -0.25) is 9.59 Å². The number of nitrogens with one attached hydrogen (secondary N) is 2. The molecule has 2 aromatic rings. The van der Waals surface area contributed by atoms with E-state index < -0.39 is 18.1 Å². The summed E-state index contributed by atoms with van der Waals surface area (Å²) in [5, 5.41) is 16.3. The van der Waals surface area contributed by atoms with Crippen LogP contribution in [0.4, 0.5) is 10.1 Å². The molecule has 1 heterocycles. The molecule has 1 fully saturated rings. The molecular formula is C24H29ClFN3O5. The van der Waals surface area contributed by atoms with Crippen molar-refractivity contribution in [3.63, 3.8) is 0 Å². The summed E-state index contributed by atoms with van der Waals surface area (Å²) in [7, 11) is 1.42. The van der Waals surface area contributed by atoms with Crippen LogP contribution in [0.2, 0.25) is 5.02 Å². The van der Waals surface area contributed by atoms with Crippen LogP contribution in [0.3, 0.4) is 0 Å². The largest absolute Gasteiger partial charge is 0.496 e.